The molecule has 0 aliphatic heterocycles. The van der Waals surface area contributed by atoms with Crippen LogP contribution in [0.15, 0.2) is 22.6 Å². The third-order valence-electron chi connectivity index (χ3n) is 2.26. The van der Waals surface area contributed by atoms with Gasteiger partial charge in [-0.25, -0.2) is 0 Å². The quantitative estimate of drug-likeness (QED) is 0.641. The summed E-state index contributed by atoms with van der Waals surface area (Å²) in [6.07, 6.45) is 6.03. The zero-order valence-electron chi connectivity index (χ0n) is 9.13. The predicted molar refractivity (Wildman–Crippen MR) is 62.9 cm³/mol. The highest BCUT2D eigenvalue weighted by Crippen LogP contribution is 2.41. The fraction of sp³-hybridized carbons (Fsp3) is 0.583. The molecule has 2 heteroatoms. The van der Waals surface area contributed by atoms with Crippen LogP contribution in [0.1, 0.15) is 33.6 Å². The van der Waals surface area contributed by atoms with Gasteiger partial charge in [-0.3, -0.25) is 0 Å². The van der Waals surface area contributed by atoms with E-state index in [1.807, 2.05) is 11.8 Å². The number of thioether (sulfide) groups is 1. The van der Waals surface area contributed by atoms with Crippen LogP contribution in [0.5, 0.6) is 0 Å². The molecule has 0 saturated carbocycles. The summed E-state index contributed by atoms with van der Waals surface area (Å²) in [5.74, 6) is 1.11. The van der Waals surface area contributed by atoms with Gasteiger partial charge in [-0.1, -0.05) is 20.8 Å². The van der Waals surface area contributed by atoms with Crippen molar-refractivity contribution in [3.05, 3.63) is 22.6 Å². The number of rotatable bonds is 2. The lowest BCUT2D eigenvalue weighted by molar-refractivity contribution is 0.359. The maximum absolute atomic E-state index is 8.64. The van der Waals surface area contributed by atoms with Gasteiger partial charge in [0.05, 0.1) is 6.07 Å². The summed E-state index contributed by atoms with van der Waals surface area (Å²) in [6, 6.07) is 2.12. The van der Waals surface area contributed by atoms with Crippen molar-refractivity contribution in [3.63, 3.8) is 0 Å². The minimum atomic E-state index is 0.314. The molecule has 0 N–H and O–H groups in total. The van der Waals surface area contributed by atoms with Crippen molar-refractivity contribution >= 4 is 11.8 Å². The van der Waals surface area contributed by atoms with Gasteiger partial charge in [0.1, 0.15) is 0 Å². The first-order valence-electron chi connectivity index (χ1n) is 4.99. The van der Waals surface area contributed by atoms with Crippen LogP contribution in [0, 0.1) is 16.7 Å². The molecule has 0 aromatic heterocycles. The number of hydrogen-bond donors (Lipinski definition) is 0. The fourth-order valence-corrected chi connectivity index (χ4v) is 2.95. The molecule has 1 aliphatic rings. The lowest BCUT2D eigenvalue weighted by atomic mass is 9.78. The maximum Gasteiger partial charge on any atom is 0.0914 e. The number of allylic oxidation sites excluding steroid dienone is 4. The summed E-state index contributed by atoms with van der Waals surface area (Å²) >= 11 is 1.89. The van der Waals surface area contributed by atoms with Crippen LogP contribution >= 0.6 is 11.8 Å². The highest BCUT2D eigenvalue weighted by molar-refractivity contribution is 8.03. The molecule has 0 spiro atoms. The Labute approximate surface area is 90.9 Å². The van der Waals surface area contributed by atoms with Gasteiger partial charge < -0.3 is 0 Å². The van der Waals surface area contributed by atoms with Gasteiger partial charge in [0.25, 0.3) is 0 Å². The molecule has 0 heterocycles. The maximum atomic E-state index is 8.64. The molecular formula is C12H17NS. The van der Waals surface area contributed by atoms with Gasteiger partial charge in [0.15, 0.2) is 0 Å². The van der Waals surface area contributed by atoms with E-state index in [1.165, 1.54) is 10.5 Å². The van der Waals surface area contributed by atoms with E-state index in [1.54, 1.807) is 6.08 Å². The SMILES string of the molecule is CCSC1=C/C(=C/C#N)CC(C)(C)C1. The Hall–Kier alpha value is -0.680. The molecule has 0 amide bonds. The Balaban J connectivity index is 2.86. The monoisotopic (exact) mass is 207 g/mol. The van der Waals surface area contributed by atoms with E-state index in [4.69, 9.17) is 5.26 Å². The zero-order valence-corrected chi connectivity index (χ0v) is 9.95. The van der Waals surface area contributed by atoms with Crippen molar-refractivity contribution in [1.82, 2.24) is 0 Å². The molecule has 76 valence electrons. The average molecular weight is 207 g/mol. The highest BCUT2D eigenvalue weighted by Gasteiger charge is 2.25. The normalized spacial score (nSPS) is 23.0. The molecule has 0 unspecified atom stereocenters. The van der Waals surface area contributed by atoms with Gasteiger partial charge in [-0.2, -0.15) is 5.26 Å². The van der Waals surface area contributed by atoms with Crippen molar-refractivity contribution in [2.45, 2.75) is 33.6 Å². The molecule has 0 fully saturated rings. The molecule has 0 bridgehead atoms. The summed E-state index contributed by atoms with van der Waals surface area (Å²) in [7, 11) is 0. The van der Waals surface area contributed by atoms with Crippen LogP contribution in [-0.2, 0) is 0 Å². The Morgan fingerprint density at radius 1 is 1.57 bits per heavy atom. The standard InChI is InChI=1S/C12H17NS/c1-4-14-11-7-10(5-6-13)8-12(2,3)9-11/h5,7H,4,8-9H2,1-3H3/b10-5-. The van der Waals surface area contributed by atoms with E-state index in [2.05, 4.69) is 32.9 Å². The fourth-order valence-electron chi connectivity index (χ4n) is 1.85. The number of nitrogens with zero attached hydrogens (tertiary/aromatic N) is 1. The zero-order chi connectivity index (χ0) is 10.6. The summed E-state index contributed by atoms with van der Waals surface area (Å²) in [5, 5.41) is 8.64. The van der Waals surface area contributed by atoms with E-state index in [0.717, 1.165) is 18.6 Å². The van der Waals surface area contributed by atoms with Gasteiger partial charge in [-0.05, 0) is 40.6 Å². The lowest BCUT2D eigenvalue weighted by Crippen LogP contribution is -2.16. The molecule has 1 nitrogen and oxygen atoms in total. The largest absolute Gasteiger partial charge is 0.193 e. The number of nitriles is 1. The van der Waals surface area contributed by atoms with Crippen molar-refractivity contribution < 1.29 is 0 Å². The van der Waals surface area contributed by atoms with Crippen molar-refractivity contribution in [2.75, 3.05) is 5.75 Å². The minimum Gasteiger partial charge on any atom is -0.193 e. The number of hydrogen-bond acceptors (Lipinski definition) is 2. The first kappa shape index (κ1) is 11.4. The van der Waals surface area contributed by atoms with E-state index in [-0.39, 0.29) is 0 Å². The first-order chi connectivity index (χ1) is 6.57. The van der Waals surface area contributed by atoms with Crippen molar-refractivity contribution in [2.24, 2.45) is 5.41 Å². The molecule has 0 atom stereocenters. The molecule has 1 rings (SSSR count). The smallest absolute Gasteiger partial charge is 0.0914 e. The molecule has 0 radical (unpaired) electrons. The topological polar surface area (TPSA) is 23.8 Å². The Morgan fingerprint density at radius 2 is 2.29 bits per heavy atom. The average Bonchev–Trinajstić information content (AvgIpc) is 2.01. The second kappa shape index (κ2) is 4.70. The van der Waals surface area contributed by atoms with Crippen LogP contribution in [0.4, 0.5) is 0 Å². The minimum absolute atomic E-state index is 0.314. The first-order valence-corrected chi connectivity index (χ1v) is 5.98. The predicted octanol–water partition coefficient (Wildman–Crippen LogP) is 3.89. The van der Waals surface area contributed by atoms with E-state index in [9.17, 15) is 0 Å². The molecule has 0 saturated heterocycles. The third kappa shape index (κ3) is 3.23. The van der Waals surface area contributed by atoms with Crippen LogP contribution in [0.25, 0.3) is 0 Å². The van der Waals surface area contributed by atoms with Crippen LogP contribution in [-0.4, -0.2) is 5.75 Å². The Kier molecular flexibility index (Phi) is 3.83. The van der Waals surface area contributed by atoms with Crippen LogP contribution in [0.3, 0.4) is 0 Å². The second-order valence-corrected chi connectivity index (χ2v) is 5.80. The molecule has 1 aliphatic carbocycles. The molecular weight excluding hydrogens is 190 g/mol. The van der Waals surface area contributed by atoms with Gasteiger partial charge >= 0.3 is 0 Å². The van der Waals surface area contributed by atoms with Gasteiger partial charge in [0, 0.05) is 6.08 Å². The lowest BCUT2D eigenvalue weighted by Gasteiger charge is -2.30. The highest BCUT2D eigenvalue weighted by atomic mass is 32.2. The Morgan fingerprint density at radius 3 is 2.86 bits per heavy atom. The molecule has 0 aromatic carbocycles. The summed E-state index contributed by atoms with van der Waals surface area (Å²) < 4.78 is 0. The van der Waals surface area contributed by atoms with Crippen LogP contribution in [0.2, 0.25) is 0 Å². The second-order valence-electron chi connectivity index (χ2n) is 4.41. The van der Waals surface area contributed by atoms with Gasteiger partial charge in [0.2, 0.25) is 0 Å². The van der Waals surface area contributed by atoms with E-state index in [0.29, 0.717) is 5.41 Å². The molecule has 14 heavy (non-hydrogen) atoms. The van der Waals surface area contributed by atoms with Crippen LogP contribution < -0.4 is 0 Å². The third-order valence-corrected chi connectivity index (χ3v) is 3.18. The summed E-state index contributed by atoms with van der Waals surface area (Å²) in [4.78, 5) is 1.42. The Bertz CT molecular complexity index is 305. The summed E-state index contributed by atoms with van der Waals surface area (Å²) in [5.41, 5.74) is 1.49. The van der Waals surface area contributed by atoms with E-state index >= 15 is 0 Å². The van der Waals surface area contributed by atoms with Gasteiger partial charge in [-0.15, -0.1) is 11.8 Å². The summed E-state index contributed by atoms with van der Waals surface area (Å²) in [6.45, 7) is 6.70. The molecule has 0 aromatic rings. The van der Waals surface area contributed by atoms with E-state index < -0.39 is 0 Å². The van der Waals surface area contributed by atoms with Crippen molar-refractivity contribution in [1.29, 1.82) is 5.26 Å². The van der Waals surface area contributed by atoms with Crippen molar-refractivity contribution in [3.8, 4) is 6.07 Å².